The Hall–Kier alpha value is -3.28. The molecule has 0 spiro atoms. The monoisotopic (exact) mass is 395 g/mol. The summed E-state index contributed by atoms with van der Waals surface area (Å²) >= 11 is 0. The number of esters is 1. The molecule has 1 heterocycles. The Morgan fingerprint density at radius 3 is 2.45 bits per heavy atom. The van der Waals surface area contributed by atoms with E-state index in [0.717, 1.165) is 5.56 Å². The van der Waals surface area contributed by atoms with E-state index in [-0.39, 0.29) is 12.2 Å². The molecule has 0 saturated heterocycles. The number of nitrogens with one attached hydrogen (secondary N) is 1. The van der Waals surface area contributed by atoms with Gasteiger partial charge in [0.2, 0.25) is 6.79 Å². The Bertz CT molecular complexity index is 925. The second-order valence-corrected chi connectivity index (χ2v) is 7.84. The number of carbonyl (C=O) groups is 2. The molecule has 6 nitrogen and oxygen atoms in total. The quantitative estimate of drug-likeness (QED) is 0.604. The molecule has 1 aliphatic heterocycles. The minimum atomic E-state index is -0.925. The lowest BCUT2D eigenvalue weighted by molar-refractivity contribution is -0.148. The highest BCUT2D eigenvalue weighted by Crippen LogP contribution is 2.32. The van der Waals surface area contributed by atoms with Crippen LogP contribution in [-0.2, 0) is 19.7 Å². The van der Waals surface area contributed by atoms with Crippen LogP contribution in [0.3, 0.4) is 0 Å². The number of amides is 1. The van der Waals surface area contributed by atoms with Gasteiger partial charge in [-0.15, -0.1) is 0 Å². The SMILES string of the molecule is CC(OC(=O)/C=C/c1ccc2c(c1)OCO2)C(=O)Nc1ccc(C(C)(C)C)cc1. The Kier molecular flexibility index (Phi) is 5.92. The van der Waals surface area contributed by atoms with E-state index in [4.69, 9.17) is 14.2 Å². The Labute approximate surface area is 170 Å². The van der Waals surface area contributed by atoms with E-state index in [1.807, 2.05) is 24.3 Å². The lowest BCUT2D eigenvalue weighted by Crippen LogP contribution is -2.29. The fraction of sp³-hybridized carbons (Fsp3) is 0.304. The van der Waals surface area contributed by atoms with Crippen LogP contribution in [0.5, 0.6) is 11.5 Å². The highest BCUT2D eigenvalue weighted by Gasteiger charge is 2.18. The van der Waals surface area contributed by atoms with E-state index in [0.29, 0.717) is 17.2 Å². The topological polar surface area (TPSA) is 73.9 Å². The van der Waals surface area contributed by atoms with Gasteiger partial charge in [0.1, 0.15) is 0 Å². The fourth-order valence-electron chi connectivity index (χ4n) is 2.75. The normalized spacial score (nSPS) is 13.9. The van der Waals surface area contributed by atoms with E-state index in [9.17, 15) is 9.59 Å². The van der Waals surface area contributed by atoms with Crippen LogP contribution in [-0.4, -0.2) is 24.8 Å². The van der Waals surface area contributed by atoms with Crippen LogP contribution in [0.25, 0.3) is 6.08 Å². The largest absolute Gasteiger partial charge is 0.454 e. The van der Waals surface area contributed by atoms with Crippen molar-refractivity contribution in [2.45, 2.75) is 39.2 Å². The van der Waals surface area contributed by atoms with Crippen molar-refractivity contribution >= 4 is 23.6 Å². The average Bonchev–Trinajstić information content (AvgIpc) is 3.14. The molecule has 152 valence electrons. The first kappa shape index (κ1) is 20.5. The van der Waals surface area contributed by atoms with Gasteiger partial charge >= 0.3 is 5.97 Å². The van der Waals surface area contributed by atoms with Crippen LogP contribution >= 0.6 is 0 Å². The van der Waals surface area contributed by atoms with Gasteiger partial charge in [0, 0.05) is 11.8 Å². The van der Waals surface area contributed by atoms with Gasteiger partial charge in [-0.3, -0.25) is 4.79 Å². The highest BCUT2D eigenvalue weighted by molar-refractivity contribution is 5.96. The zero-order chi connectivity index (χ0) is 21.0. The highest BCUT2D eigenvalue weighted by atomic mass is 16.7. The summed E-state index contributed by atoms with van der Waals surface area (Å²) in [6.07, 6.45) is 1.95. The molecule has 2 aromatic rings. The Morgan fingerprint density at radius 1 is 1.07 bits per heavy atom. The van der Waals surface area contributed by atoms with Gasteiger partial charge in [0.05, 0.1) is 0 Å². The van der Waals surface area contributed by atoms with Crippen LogP contribution < -0.4 is 14.8 Å². The fourth-order valence-corrected chi connectivity index (χ4v) is 2.75. The molecule has 0 fully saturated rings. The Morgan fingerprint density at radius 2 is 1.76 bits per heavy atom. The third-order valence-electron chi connectivity index (χ3n) is 4.49. The summed E-state index contributed by atoms with van der Waals surface area (Å²) in [4.78, 5) is 24.3. The van der Waals surface area contributed by atoms with Crippen molar-refractivity contribution in [1.82, 2.24) is 0 Å². The van der Waals surface area contributed by atoms with Crippen LogP contribution in [0.15, 0.2) is 48.5 Å². The average molecular weight is 395 g/mol. The molecular weight excluding hydrogens is 370 g/mol. The van der Waals surface area contributed by atoms with Gasteiger partial charge in [-0.05, 0) is 53.8 Å². The van der Waals surface area contributed by atoms with Crippen molar-refractivity contribution in [3.63, 3.8) is 0 Å². The summed E-state index contributed by atoms with van der Waals surface area (Å²) in [6.45, 7) is 8.10. The third kappa shape index (κ3) is 5.38. The molecule has 0 bridgehead atoms. The zero-order valence-corrected chi connectivity index (χ0v) is 17.0. The second-order valence-electron chi connectivity index (χ2n) is 7.84. The molecule has 1 unspecified atom stereocenters. The van der Waals surface area contributed by atoms with Crippen molar-refractivity contribution in [2.24, 2.45) is 0 Å². The van der Waals surface area contributed by atoms with E-state index >= 15 is 0 Å². The van der Waals surface area contributed by atoms with Crippen molar-refractivity contribution in [2.75, 3.05) is 12.1 Å². The van der Waals surface area contributed by atoms with E-state index in [1.165, 1.54) is 18.6 Å². The number of rotatable bonds is 5. The molecule has 1 atom stereocenters. The van der Waals surface area contributed by atoms with Crippen LogP contribution in [0, 0.1) is 0 Å². The predicted molar refractivity (Wildman–Crippen MR) is 111 cm³/mol. The summed E-state index contributed by atoms with van der Waals surface area (Å²) in [7, 11) is 0. The van der Waals surface area contributed by atoms with Crippen molar-refractivity contribution < 1.29 is 23.8 Å². The molecule has 0 radical (unpaired) electrons. The maximum atomic E-state index is 12.3. The van der Waals surface area contributed by atoms with Crippen LogP contribution in [0.1, 0.15) is 38.8 Å². The molecule has 0 aliphatic carbocycles. The molecule has 0 saturated carbocycles. The molecule has 3 rings (SSSR count). The summed E-state index contributed by atoms with van der Waals surface area (Å²) in [5.41, 5.74) is 2.63. The number of benzene rings is 2. The standard InChI is InChI=1S/C23H25NO5/c1-15(22(26)24-18-9-7-17(8-10-18)23(2,3)4)29-21(25)12-6-16-5-11-19-20(13-16)28-14-27-19/h5-13,15H,14H2,1-4H3,(H,24,26)/b12-6+. The van der Waals surface area contributed by atoms with Gasteiger partial charge < -0.3 is 19.5 Å². The number of hydrogen-bond acceptors (Lipinski definition) is 5. The maximum Gasteiger partial charge on any atom is 0.331 e. The first-order valence-corrected chi connectivity index (χ1v) is 9.42. The smallest absolute Gasteiger partial charge is 0.331 e. The van der Waals surface area contributed by atoms with E-state index < -0.39 is 18.0 Å². The first-order valence-electron chi connectivity index (χ1n) is 9.42. The molecule has 1 amide bonds. The van der Waals surface area contributed by atoms with Crippen molar-refractivity contribution in [3.05, 3.63) is 59.7 Å². The van der Waals surface area contributed by atoms with Gasteiger partial charge in [-0.1, -0.05) is 39.0 Å². The van der Waals surface area contributed by atoms with Gasteiger partial charge in [-0.25, -0.2) is 4.79 Å². The molecule has 2 aromatic carbocycles. The predicted octanol–water partition coefficient (Wildman–Crippen LogP) is 4.30. The summed E-state index contributed by atoms with van der Waals surface area (Å²) < 4.78 is 15.7. The number of fused-ring (bicyclic) bond motifs is 1. The lowest BCUT2D eigenvalue weighted by atomic mass is 9.87. The first-order chi connectivity index (χ1) is 13.7. The summed E-state index contributed by atoms with van der Waals surface area (Å²) in [5.74, 6) is 0.308. The van der Waals surface area contributed by atoms with Crippen LogP contribution in [0.2, 0.25) is 0 Å². The molecule has 0 aromatic heterocycles. The number of ether oxygens (including phenoxy) is 3. The van der Waals surface area contributed by atoms with Gasteiger partial charge in [0.15, 0.2) is 17.6 Å². The second kappa shape index (κ2) is 8.39. The molecule has 1 aliphatic rings. The molecule has 1 N–H and O–H groups in total. The van der Waals surface area contributed by atoms with Gasteiger partial charge in [0.25, 0.3) is 5.91 Å². The molecule has 6 heteroatoms. The molecular formula is C23H25NO5. The van der Waals surface area contributed by atoms with Crippen molar-refractivity contribution in [3.8, 4) is 11.5 Å². The van der Waals surface area contributed by atoms with Crippen molar-refractivity contribution in [1.29, 1.82) is 0 Å². The van der Waals surface area contributed by atoms with E-state index in [1.54, 1.807) is 24.3 Å². The number of anilines is 1. The minimum Gasteiger partial charge on any atom is -0.454 e. The lowest BCUT2D eigenvalue weighted by Gasteiger charge is -2.19. The maximum absolute atomic E-state index is 12.3. The summed E-state index contributed by atoms with van der Waals surface area (Å²) in [5, 5.41) is 2.76. The van der Waals surface area contributed by atoms with Crippen LogP contribution in [0.4, 0.5) is 5.69 Å². The van der Waals surface area contributed by atoms with E-state index in [2.05, 4.69) is 26.1 Å². The number of hydrogen-bond donors (Lipinski definition) is 1. The summed E-state index contributed by atoms with van der Waals surface area (Å²) in [6, 6.07) is 13.0. The third-order valence-corrected chi connectivity index (χ3v) is 4.49. The number of carbonyl (C=O) groups excluding carboxylic acids is 2. The zero-order valence-electron chi connectivity index (χ0n) is 17.0. The molecule has 29 heavy (non-hydrogen) atoms. The van der Waals surface area contributed by atoms with Gasteiger partial charge in [-0.2, -0.15) is 0 Å². The minimum absolute atomic E-state index is 0.0374. The Balaban J connectivity index is 1.53.